The van der Waals surface area contributed by atoms with Crippen LogP contribution in [-0.2, 0) is 6.54 Å². The van der Waals surface area contributed by atoms with Crippen LogP contribution in [0.3, 0.4) is 0 Å². The standard InChI is InChI=1S/C24H22FN3O3/c1-31-20-6-2-4-18(25)22(20)23-17-13-28(24(30)16(17)10-11-26-23)21-7-3-5-19(27-21)14-8-9-15(29)12-14/h2-7,10-11,14-15,29H,8-9,12-13H2,1H3/t14-,15-/m0/s1. The lowest BCUT2D eigenvalue weighted by Crippen LogP contribution is -2.24. The monoisotopic (exact) mass is 419 g/mol. The third-order valence-corrected chi connectivity index (χ3v) is 6.14. The molecule has 1 fully saturated rings. The Labute approximate surface area is 179 Å². The van der Waals surface area contributed by atoms with Gasteiger partial charge >= 0.3 is 0 Å². The van der Waals surface area contributed by atoms with Crippen molar-refractivity contribution in [3.63, 3.8) is 0 Å². The maximum absolute atomic E-state index is 14.7. The molecule has 1 saturated carbocycles. The zero-order valence-corrected chi connectivity index (χ0v) is 17.1. The largest absolute Gasteiger partial charge is 0.496 e. The van der Waals surface area contributed by atoms with E-state index in [0.29, 0.717) is 34.8 Å². The Balaban J connectivity index is 1.53. The number of carbonyl (C=O) groups is 1. The van der Waals surface area contributed by atoms with Crippen LogP contribution >= 0.6 is 0 Å². The molecule has 5 rings (SSSR count). The summed E-state index contributed by atoms with van der Waals surface area (Å²) in [6, 6.07) is 11.9. The molecule has 1 aromatic carbocycles. The van der Waals surface area contributed by atoms with E-state index in [4.69, 9.17) is 9.72 Å². The minimum atomic E-state index is -0.453. The Morgan fingerprint density at radius 2 is 2.00 bits per heavy atom. The molecule has 0 spiro atoms. The van der Waals surface area contributed by atoms with Crippen LogP contribution in [0.25, 0.3) is 11.3 Å². The molecule has 2 atom stereocenters. The molecular weight excluding hydrogens is 397 g/mol. The number of hydrogen-bond donors (Lipinski definition) is 1. The molecule has 0 unspecified atom stereocenters. The van der Waals surface area contributed by atoms with E-state index in [1.54, 1.807) is 29.2 Å². The number of methoxy groups -OCH3 is 1. The summed E-state index contributed by atoms with van der Waals surface area (Å²) in [7, 11) is 1.48. The zero-order chi connectivity index (χ0) is 21.5. The quantitative estimate of drug-likeness (QED) is 0.690. The van der Waals surface area contributed by atoms with Crippen LogP contribution in [0.4, 0.5) is 10.2 Å². The minimum Gasteiger partial charge on any atom is -0.496 e. The van der Waals surface area contributed by atoms with Crippen LogP contribution in [-0.4, -0.2) is 34.2 Å². The molecule has 7 heteroatoms. The molecule has 1 aliphatic heterocycles. The first-order valence-corrected chi connectivity index (χ1v) is 10.3. The average molecular weight is 419 g/mol. The van der Waals surface area contributed by atoms with Crippen molar-refractivity contribution in [2.24, 2.45) is 0 Å². The molecule has 6 nitrogen and oxygen atoms in total. The Morgan fingerprint density at radius 1 is 1.16 bits per heavy atom. The summed E-state index contributed by atoms with van der Waals surface area (Å²) in [6.07, 6.45) is 3.56. The van der Waals surface area contributed by atoms with E-state index in [2.05, 4.69) is 4.98 Å². The number of aliphatic hydroxyl groups is 1. The van der Waals surface area contributed by atoms with E-state index < -0.39 is 5.82 Å². The van der Waals surface area contributed by atoms with Crippen LogP contribution in [0.2, 0.25) is 0 Å². The van der Waals surface area contributed by atoms with Crippen LogP contribution in [0, 0.1) is 5.82 Å². The van der Waals surface area contributed by atoms with E-state index in [1.807, 2.05) is 12.1 Å². The van der Waals surface area contributed by atoms with Crippen LogP contribution in [0.5, 0.6) is 5.75 Å². The van der Waals surface area contributed by atoms with Gasteiger partial charge in [0.2, 0.25) is 0 Å². The number of aromatic nitrogens is 2. The van der Waals surface area contributed by atoms with Gasteiger partial charge in [-0.25, -0.2) is 9.37 Å². The number of nitrogens with zero attached hydrogens (tertiary/aromatic N) is 3. The molecule has 3 aromatic rings. The first-order chi connectivity index (χ1) is 15.1. The van der Waals surface area contributed by atoms with Crippen molar-refractivity contribution in [1.82, 2.24) is 9.97 Å². The summed E-state index contributed by atoms with van der Waals surface area (Å²) in [4.78, 5) is 23.9. The number of ether oxygens (including phenoxy) is 1. The van der Waals surface area contributed by atoms with Gasteiger partial charge in [-0.1, -0.05) is 12.1 Å². The lowest BCUT2D eigenvalue weighted by molar-refractivity contribution is 0.0995. The van der Waals surface area contributed by atoms with Gasteiger partial charge in [0, 0.05) is 28.9 Å². The molecule has 2 aliphatic rings. The number of carbonyl (C=O) groups excluding carboxylic acids is 1. The minimum absolute atomic E-state index is 0.190. The fraction of sp³-hybridized carbons (Fsp3) is 0.292. The molecule has 1 N–H and O–H groups in total. The summed E-state index contributed by atoms with van der Waals surface area (Å²) in [6.45, 7) is 0.249. The lowest BCUT2D eigenvalue weighted by Gasteiger charge is -2.17. The fourth-order valence-electron chi connectivity index (χ4n) is 4.58. The highest BCUT2D eigenvalue weighted by molar-refractivity contribution is 6.10. The average Bonchev–Trinajstić information content (AvgIpc) is 3.37. The number of amides is 1. The third-order valence-electron chi connectivity index (χ3n) is 6.14. The Bertz CT molecular complexity index is 1170. The van der Waals surface area contributed by atoms with Gasteiger partial charge in [-0.05, 0) is 49.6 Å². The Morgan fingerprint density at radius 3 is 2.77 bits per heavy atom. The van der Waals surface area contributed by atoms with Gasteiger partial charge in [0.05, 0.1) is 31.0 Å². The van der Waals surface area contributed by atoms with Gasteiger partial charge in [-0.2, -0.15) is 0 Å². The SMILES string of the molecule is COc1cccc(F)c1-c1nccc2c1CN(c1cccc([C@H]3CC[C@H](O)C3)n1)C2=O. The van der Waals surface area contributed by atoms with Crippen molar-refractivity contribution in [3.8, 4) is 17.0 Å². The summed E-state index contributed by atoms with van der Waals surface area (Å²) in [5.41, 5.74) is 2.67. The molecule has 0 bridgehead atoms. The Hall–Kier alpha value is -3.32. The lowest BCUT2D eigenvalue weighted by atomic mass is 10.0. The van der Waals surface area contributed by atoms with E-state index in [1.165, 1.54) is 19.4 Å². The molecule has 158 valence electrons. The molecule has 1 amide bonds. The Kier molecular flexibility index (Phi) is 4.90. The van der Waals surface area contributed by atoms with Crippen molar-refractivity contribution in [2.45, 2.75) is 37.8 Å². The maximum atomic E-state index is 14.7. The molecule has 31 heavy (non-hydrogen) atoms. The van der Waals surface area contributed by atoms with Gasteiger partial charge in [0.25, 0.3) is 5.91 Å². The molecular formula is C24H22FN3O3. The van der Waals surface area contributed by atoms with E-state index in [-0.39, 0.29) is 30.0 Å². The topological polar surface area (TPSA) is 75.6 Å². The van der Waals surface area contributed by atoms with Gasteiger partial charge in [0.1, 0.15) is 17.4 Å². The highest BCUT2D eigenvalue weighted by atomic mass is 19.1. The van der Waals surface area contributed by atoms with Crippen molar-refractivity contribution < 1.29 is 19.0 Å². The van der Waals surface area contributed by atoms with Crippen molar-refractivity contribution >= 4 is 11.7 Å². The normalized spacial score (nSPS) is 20.2. The zero-order valence-electron chi connectivity index (χ0n) is 17.1. The first kappa shape index (κ1) is 19.6. The summed E-state index contributed by atoms with van der Waals surface area (Å²) < 4.78 is 20.1. The predicted molar refractivity (Wildman–Crippen MR) is 114 cm³/mol. The number of rotatable bonds is 4. The number of halogens is 1. The number of hydrogen-bond acceptors (Lipinski definition) is 5. The van der Waals surface area contributed by atoms with Gasteiger partial charge in [-0.15, -0.1) is 0 Å². The number of fused-ring (bicyclic) bond motifs is 1. The predicted octanol–water partition coefficient (Wildman–Crippen LogP) is 4.08. The second kappa shape index (κ2) is 7.74. The number of benzene rings is 1. The van der Waals surface area contributed by atoms with Gasteiger partial charge in [-0.3, -0.25) is 14.7 Å². The molecule has 2 aromatic heterocycles. The highest BCUT2D eigenvalue weighted by Crippen LogP contribution is 2.39. The van der Waals surface area contributed by atoms with Crippen LogP contribution in [0.1, 0.15) is 46.8 Å². The van der Waals surface area contributed by atoms with Crippen molar-refractivity contribution in [2.75, 3.05) is 12.0 Å². The summed E-state index contributed by atoms with van der Waals surface area (Å²) >= 11 is 0. The number of aliphatic hydroxyl groups excluding tert-OH is 1. The van der Waals surface area contributed by atoms with Gasteiger partial charge < -0.3 is 9.84 Å². The molecule has 0 radical (unpaired) electrons. The van der Waals surface area contributed by atoms with Crippen LogP contribution < -0.4 is 9.64 Å². The maximum Gasteiger partial charge on any atom is 0.260 e. The second-order valence-electron chi connectivity index (χ2n) is 7.98. The highest BCUT2D eigenvalue weighted by Gasteiger charge is 2.34. The van der Waals surface area contributed by atoms with Crippen molar-refractivity contribution in [1.29, 1.82) is 0 Å². The van der Waals surface area contributed by atoms with Crippen molar-refractivity contribution in [3.05, 3.63) is 71.3 Å². The second-order valence-corrected chi connectivity index (χ2v) is 7.98. The van der Waals surface area contributed by atoms with E-state index in [9.17, 15) is 14.3 Å². The van der Waals surface area contributed by atoms with Gasteiger partial charge in [0.15, 0.2) is 0 Å². The summed E-state index contributed by atoms with van der Waals surface area (Å²) in [5.74, 6) is 0.462. The van der Waals surface area contributed by atoms with Crippen LogP contribution in [0.15, 0.2) is 48.7 Å². The number of pyridine rings is 2. The number of anilines is 1. The molecule has 1 aliphatic carbocycles. The van der Waals surface area contributed by atoms with E-state index in [0.717, 1.165) is 18.5 Å². The fourth-order valence-corrected chi connectivity index (χ4v) is 4.58. The summed E-state index contributed by atoms with van der Waals surface area (Å²) in [5, 5.41) is 9.87. The first-order valence-electron chi connectivity index (χ1n) is 10.3. The smallest absolute Gasteiger partial charge is 0.260 e. The van der Waals surface area contributed by atoms with E-state index >= 15 is 0 Å². The third kappa shape index (κ3) is 3.35. The molecule has 0 saturated heterocycles. The molecule has 3 heterocycles.